The van der Waals surface area contributed by atoms with Gasteiger partial charge in [0.1, 0.15) is 0 Å². The number of hydrogen-bond donors (Lipinski definition) is 0. The summed E-state index contributed by atoms with van der Waals surface area (Å²) in [6.45, 7) is 0. The predicted octanol–water partition coefficient (Wildman–Crippen LogP) is 5.37. The Morgan fingerprint density at radius 1 is 0.955 bits per heavy atom. The number of nitrogens with zero attached hydrogens (tertiary/aromatic N) is 2. The van der Waals surface area contributed by atoms with E-state index >= 15 is 0 Å². The molecule has 0 atom stereocenters. The zero-order chi connectivity index (χ0) is 15.4. The van der Waals surface area contributed by atoms with Crippen molar-refractivity contribution in [1.82, 2.24) is 10.2 Å². The Bertz CT molecular complexity index is 744. The third-order valence-corrected chi connectivity index (χ3v) is 4.66. The molecule has 0 aliphatic carbocycles. The third-order valence-electron chi connectivity index (χ3n) is 2.99. The maximum Gasteiger partial charge on any atom is 0.276 e. The maximum atomic E-state index is 5.87. The van der Waals surface area contributed by atoms with Crippen LogP contribution in [-0.4, -0.2) is 10.2 Å². The van der Waals surface area contributed by atoms with Gasteiger partial charge in [0, 0.05) is 15.2 Å². The van der Waals surface area contributed by atoms with E-state index in [4.69, 9.17) is 16.0 Å². The molecule has 0 saturated heterocycles. The molecule has 112 valence electrons. The van der Waals surface area contributed by atoms with E-state index in [-0.39, 0.29) is 0 Å². The minimum absolute atomic E-state index is 0.585. The Hall–Kier alpha value is -1.30. The summed E-state index contributed by atoms with van der Waals surface area (Å²) in [4.78, 5) is 0. The van der Waals surface area contributed by atoms with E-state index in [1.54, 1.807) is 0 Å². The lowest BCUT2D eigenvalue weighted by molar-refractivity contribution is 0.420. The van der Waals surface area contributed by atoms with Crippen molar-refractivity contribution in [3.05, 3.63) is 75.0 Å². The molecule has 0 aliphatic rings. The zero-order valence-electron chi connectivity index (χ0n) is 11.5. The van der Waals surface area contributed by atoms with Gasteiger partial charge in [-0.25, -0.2) is 0 Å². The van der Waals surface area contributed by atoms with Crippen molar-refractivity contribution in [2.24, 2.45) is 0 Å². The molecule has 3 aromatic rings. The molecule has 22 heavy (non-hydrogen) atoms. The summed E-state index contributed by atoms with van der Waals surface area (Å²) in [6.07, 6.45) is 0.641. The molecule has 0 bridgehead atoms. The quantitative estimate of drug-likeness (QED) is 0.544. The summed E-state index contributed by atoms with van der Waals surface area (Å²) in [6, 6.07) is 15.8. The first-order valence-electron chi connectivity index (χ1n) is 6.63. The summed E-state index contributed by atoms with van der Waals surface area (Å²) in [5, 5.41) is 9.49. The SMILES string of the molecule is Clc1ccc(CSc2nnc(Cc3ccc(Br)cc3)o2)cc1. The topological polar surface area (TPSA) is 38.9 Å². The van der Waals surface area contributed by atoms with Crippen molar-refractivity contribution >= 4 is 39.3 Å². The van der Waals surface area contributed by atoms with Crippen LogP contribution >= 0.6 is 39.3 Å². The summed E-state index contributed by atoms with van der Waals surface area (Å²) in [5.74, 6) is 1.40. The van der Waals surface area contributed by atoms with Crippen LogP contribution in [0.1, 0.15) is 17.0 Å². The van der Waals surface area contributed by atoms with Gasteiger partial charge in [0.2, 0.25) is 5.89 Å². The van der Waals surface area contributed by atoms with Crippen LogP contribution in [0.25, 0.3) is 0 Å². The Labute approximate surface area is 146 Å². The Balaban J connectivity index is 1.59. The first-order chi connectivity index (χ1) is 10.7. The molecule has 0 saturated carbocycles. The minimum Gasteiger partial charge on any atom is -0.416 e. The van der Waals surface area contributed by atoms with E-state index in [2.05, 4.69) is 26.1 Å². The van der Waals surface area contributed by atoms with Gasteiger partial charge in [0.25, 0.3) is 5.22 Å². The average molecular weight is 396 g/mol. The summed E-state index contributed by atoms with van der Waals surface area (Å²) in [5.41, 5.74) is 2.31. The standard InChI is InChI=1S/C16H12BrClN2OS/c17-13-5-1-11(2-6-13)9-15-19-20-16(21-15)22-10-12-3-7-14(18)8-4-12/h1-8H,9-10H2. The molecule has 0 fully saturated rings. The van der Waals surface area contributed by atoms with E-state index in [1.165, 1.54) is 17.3 Å². The van der Waals surface area contributed by atoms with E-state index in [9.17, 15) is 0 Å². The molecule has 0 amide bonds. The molecule has 3 rings (SSSR count). The van der Waals surface area contributed by atoms with Gasteiger partial charge < -0.3 is 4.42 Å². The van der Waals surface area contributed by atoms with Crippen LogP contribution in [0.2, 0.25) is 5.02 Å². The lowest BCUT2D eigenvalue weighted by Gasteiger charge is -1.98. The molecule has 1 aromatic heterocycles. The van der Waals surface area contributed by atoms with Crippen LogP contribution in [-0.2, 0) is 12.2 Å². The second kappa shape index (κ2) is 7.31. The van der Waals surface area contributed by atoms with Crippen molar-refractivity contribution < 1.29 is 4.42 Å². The largest absolute Gasteiger partial charge is 0.416 e. The van der Waals surface area contributed by atoms with Crippen molar-refractivity contribution in [1.29, 1.82) is 0 Å². The number of rotatable bonds is 5. The zero-order valence-corrected chi connectivity index (χ0v) is 14.7. The number of hydrogen-bond acceptors (Lipinski definition) is 4. The molecular formula is C16H12BrClN2OS. The number of thioether (sulfide) groups is 1. The van der Waals surface area contributed by atoms with E-state index in [0.29, 0.717) is 17.5 Å². The molecule has 0 aliphatic heterocycles. The van der Waals surface area contributed by atoms with Gasteiger partial charge in [-0.1, -0.05) is 63.6 Å². The van der Waals surface area contributed by atoms with E-state index < -0.39 is 0 Å². The molecule has 1 heterocycles. The Morgan fingerprint density at radius 3 is 2.36 bits per heavy atom. The number of benzene rings is 2. The van der Waals surface area contributed by atoms with Gasteiger partial charge in [-0.05, 0) is 35.4 Å². The van der Waals surface area contributed by atoms with Crippen LogP contribution in [0.4, 0.5) is 0 Å². The fraction of sp³-hybridized carbons (Fsp3) is 0.125. The maximum absolute atomic E-state index is 5.87. The molecule has 0 unspecified atom stereocenters. The van der Waals surface area contributed by atoms with E-state index in [1.807, 2.05) is 48.5 Å². The van der Waals surface area contributed by atoms with Gasteiger partial charge in [-0.3, -0.25) is 0 Å². The highest BCUT2D eigenvalue weighted by Gasteiger charge is 2.08. The lowest BCUT2D eigenvalue weighted by atomic mass is 10.2. The smallest absolute Gasteiger partial charge is 0.276 e. The van der Waals surface area contributed by atoms with Gasteiger partial charge in [-0.15, -0.1) is 10.2 Å². The van der Waals surface area contributed by atoms with Gasteiger partial charge in [-0.2, -0.15) is 0 Å². The number of aromatic nitrogens is 2. The monoisotopic (exact) mass is 394 g/mol. The Morgan fingerprint density at radius 2 is 1.64 bits per heavy atom. The molecule has 0 radical (unpaired) electrons. The van der Waals surface area contributed by atoms with Crippen molar-refractivity contribution in [3.8, 4) is 0 Å². The first-order valence-corrected chi connectivity index (χ1v) is 8.79. The molecule has 6 heteroatoms. The molecule has 2 aromatic carbocycles. The fourth-order valence-corrected chi connectivity index (χ4v) is 3.00. The van der Waals surface area contributed by atoms with Crippen LogP contribution in [0.3, 0.4) is 0 Å². The summed E-state index contributed by atoms with van der Waals surface area (Å²) >= 11 is 10.8. The van der Waals surface area contributed by atoms with Crippen molar-refractivity contribution in [2.45, 2.75) is 17.4 Å². The molecule has 3 nitrogen and oxygen atoms in total. The summed E-state index contributed by atoms with van der Waals surface area (Å²) < 4.78 is 6.72. The van der Waals surface area contributed by atoms with Crippen LogP contribution in [0.5, 0.6) is 0 Å². The second-order valence-corrected chi connectivity index (χ2v) is 6.96. The van der Waals surface area contributed by atoms with Crippen LogP contribution in [0.15, 0.2) is 62.6 Å². The molecular weight excluding hydrogens is 384 g/mol. The molecule has 0 spiro atoms. The van der Waals surface area contributed by atoms with Crippen LogP contribution in [0, 0.1) is 0 Å². The van der Waals surface area contributed by atoms with Gasteiger partial charge >= 0.3 is 0 Å². The van der Waals surface area contributed by atoms with Crippen molar-refractivity contribution in [2.75, 3.05) is 0 Å². The second-order valence-electron chi connectivity index (χ2n) is 4.68. The first kappa shape index (κ1) is 15.6. The highest BCUT2D eigenvalue weighted by molar-refractivity contribution is 9.10. The average Bonchev–Trinajstić information content (AvgIpc) is 2.97. The van der Waals surface area contributed by atoms with Gasteiger partial charge in [0.15, 0.2) is 0 Å². The lowest BCUT2D eigenvalue weighted by Crippen LogP contribution is -1.87. The highest BCUT2D eigenvalue weighted by Crippen LogP contribution is 2.23. The number of halogens is 2. The van der Waals surface area contributed by atoms with Gasteiger partial charge in [0.05, 0.1) is 6.42 Å². The minimum atomic E-state index is 0.585. The third kappa shape index (κ3) is 4.35. The normalized spacial score (nSPS) is 10.8. The fourth-order valence-electron chi connectivity index (χ4n) is 1.87. The molecule has 0 N–H and O–H groups in total. The van der Waals surface area contributed by atoms with Crippen molar-refractivity contribution in [3.63, 3.8) is 0 Å². The Kier molecular flexibility index (Phi) is 5.18. The van der Waals surface area contributed by atoms with E-state index in [0.717, 1.165) is 20.8 Å². The summed E-state index contributed by atoms with van der Waals surface area (Å²) in [7, 11) is 0. The predicted molar refractivity (Wildman–Crippen MR) is 92.3 cm³/mol. The highest BCUT2D eigenvalue weighted by atomic mass is 79.9. The van der Waals surface area contributed by atoms with Crippen LogP contribution < -0.4 is 0 Å².